The molecule has 0 saturated carbocycles. The van der Waals surface area contributed by atoms with Crippen molar-refractivity contribution in [2.45, 2.75) is 19.4 Å². The SMILES string of the molecule is CCNC(C)(C(=O)OC)c1cc2cc(Br)ccc2o1. The van der Waals surface area contributed by atoms with Crippen molar-refractivity contribution in [3.05, 3.63) is 34.5 Å². The number of likely N-dealkylation sites (N-methyl/N-ethyl adjacent to an activating group) is 1. The van der Waals surface area contributed by atoms with Crippen LogP contribution < -0.4 is 5.32 Å². The molecular formula is C14H16BrNO3. The zero-order chi connectivity index (χ0) is 14.0. The lowest BCUT2D eigenvalue weighted by atomic mass is 9.98. The quantitative estimate of drug-likeness (QED) is 0.877. The second-order valence-electron chi connectivity index (χ2n) is 4.44. The molecule has 102 valence electrons. The molecule has 0 aliphatic rings. The van der Waals surface area contributed by atoms with Gasteiger partial charge in [0, 0.05) is 9.86 Å². The van der Waals surface area contributed by atoms with Crippen LogP contribution in [0.5, 0.6) is 0 Å². The summed E-state index contributed by atoms with van der Waals surface area (Å²) in [4.78, 5) is 12.0. The second kappa shape index (κ2) is 5.35. The maximum Gasteiger partial charge on any atom is 0.333 e. The lowest BCUT2D eigenvalue weighted by Gasteiger charge is -2.24. The smallest absolute Gasteiger partial charge is 0.333 e. The van der Waals surface area contributed by atoms with Gasteiger partial charge >= 0.3 is 5.97 Å². The molecule has 1 unspecified atom stereocenters. The highest BCUT2D eigenvalue weighted by molar-refractivity contribution is 9.10. The molecule has 1 heterocycles. The van der Waals surface area contributed by atoms with Crippen LogP contribution in [-0.4, -0.2) is 19.6 Å². The van der Waals surface area contributed by atoms with E-state index >= 15 is 0 Å². The number of ether oxygens (including phenoxy) is 1. The molecule has 1 N–H and O–H groups in total. The van der Waals surface area contributed by atoms with Gasteiger partial charge in [-0.25, -0.2) is 4.79 Å². The number of rotatable bonds is 4. The minimum Gasteiger partial charge on any atom is -0.467 e. The van der Waals surface area contributed by atoms with Gasteiger partial charge in [-0.2, -0.15) is 0 Å². The fourth-order valence-electron chi connectivity index (χ4n) is 2.08. The summed E-state index contributed by atoms with van der Waals surface area (Å²) in [5.74, 6) is 0.182. The van der Waals surface area contributed by atoms with E-state index in [4.69, 9.17) is 9.15 Å². The first-order valence-corrected chi connectivity index (χ1v) is 6.83. The van der Waals surface area contributed by atoms with Crippen LogP contribution in [-0.2, 0) is 15.1 Å². The minimum atomic E-state index is -0.977. The van der Waals surface area contributed by atoms with Gasteiger partial charge in [0.2, 0.25) is 0 Å². The Balaban J connectivity index is 2.53. The standard InChI is InChI=1S/C14H16BrNO3/c1-4-16-14(2,13(17)18-3)12-8-9-7-10(15)5-6-11(9)19-12/h5-8,16H,4H2,1-3H3. The van der Waals surface area contributed by atoms with E-state index in [0.717, 1.165) is 15.4 Å². The highest BCUT2D eigenvalue weighted by atomic mass is 79.9. The first kappa shape index (κ1) is 14.1. The predicted molar refractivity (Wildman–Crippen MR) is 77.0 cm³/mol. The van der Waals surface area contributed by atoms with Crippen molar-refractivity contribution in [3.63, 3.8) is 0 Å². The molecule has 0 bridgehead atoms. The van der Waals surface area contributed by atoms with Crippen LogP contribution in [0.2, 0.25) is 0 Å². The summed E-state index contributed by atoms with van der Waals surface area (Å²) in [6, 6.07) is 7.58. The van der Waals surface area contributed by atoms with E-state index in [1.807, 2.05) is 31.2 Å². The number of benzene rings is 1. The monoisotopic (exact) mass is 325 g/mol. The van der Waals surface area contributed by atoms with Gasteiger partial charge < -0.3 is 9.15 Å². The molecule has 0 spiro atoms. The van der Waals surface area contributed by atoms with Crippen LogP contribution in [0.25, 0.3) is 11.0 Å². The molecule has 0 fully saturated rings. The van der Waals surface area contributed by atoms with Crippen LogP contribution in [0.15, 0.2) is 33.2 Å². The Bertz CT molecular complexity index is 608. The fourth-order valence-corrected chi connectivity index (χ4v) is 2.46. The molecule has 0 radical (unpaired) electrons. The van der Waals surface area contributed by atoms with E-state index in [1.54, 1.807) is 6.92 Å². The van der Waals surface area contributed by atoms with Crippen molar-refractivity contribution in [1.82, 2.24) is 5.32 Å². The summed E-state index contributed by atoms with van der Waals surface area (Å²) in [6.45, 7) is 4.32. The molecule has 19 heavy (non-hydrogen) atoms. The summed E-state index contributed by atoms with van der Waals surface area (Å²) in [5, 5.41) is 4.06. The van der Waals surface area contributed by atoms with Gasteiger partial charge in [0.25, 0.3) is 0 Å². The number of nitrogens with one attached hydrogen (secondary N) is 1. The average molecular weight is 326 g/mol. The summed E-state index contributed by atoms with van der Waals surface area (Å²) in [5.41, 5.74) is -0.235. The summed E-state index contributed by atoms with van der Waals surface area (Å²) < 4.78 is 11.6. The van der Waals surface area contributed by atoms with Crippen molar-refractivity contribution in [2.24, 2.45) is 0 Å². The summed E-state index contributed by atoms with van der Waals surface area (Å²) >= 11 is 3.42. The topological polar surface area (TPSA) is 51.5 Å². The van der Waals surface area contributed by atoms with E-state index in [2.05, 4.69) is 21.2 Å². The molecule has 2 aromatic rings. The van der Waals surface area contributed by atoms with Crippen LogP contribution >= 0.6 is 15.9 Å². The van der Waals surface area contributed by atoms with E-state index in [9.17, 15) is 4.79 Å². The third-order valence-electron chi connectivity index (χ3n) is 3.10. The predicted octanol–water partition coefficient (Wildman–Crippen LogP) is 3.19. The first-order chi connectivity index (χ1) is 9.01. The van der Waals surface area contributed by atoms with Gasteiger partial charge in [-0.05, 0) is 37.7 Å². The van der Waals surface area contributed by atoms with Crippen LogP contribution in [0.4, 0.5) is 0 Å². The number of furan rings is 1. The van der Waals surface area contributed by atoms with Crippen molar-refractivity contribution in [1.29, 1.82) is 0 Å². The molecule has 2 rings (SSSR count). The highest BCUT2D eigenvalue weighted by Gasteiger charge is 2.39. The fraction of sp³-hybridized carbons (Fsp3) is 0.357. The number of hydrogen-bond donors (Lipinski definition) is 1. The summed E-state index contributed by atoms with van der Waals surface area (Å²) in [6.07, 6.45) is 0. The number of halogens is 1. The number of carbonyl (C=O) groups is 1. The Kier molecular flexibility index (Phi) is 3.96. The van der Waals surface area contributed by atoms with Gasteiger partial charge in [0.05, 0.1) is 7.11 Å². The van der Waals surface area contributed by atoms with Crippen molar-refractivity contribution < 1.29 is 13.9 Å². The number of methoxy groups -OCH3 is 1. The number of esters is 1. The highest BCUT2D eigenvalue weighted by Crippen LogP contribution is 2.30. The Hall–Kier alpha value is -1.33. The van der Waals surface area contributed by atoms with Crippen molar-refractivity contribution in [2.75, 3.05) is 13.7 Å². The Labute approximate surface area is 120 Å². The molecule has 1 aromatic carbocycles. The van der Waals surface area contributed by atoms with E-state index in [-0.39, 0.29) is 5.97 Å². The Morgan fingerprint density at radius 1 is 1.47 bits per heavy atom. The van der Waals surface area contributed by atoms with Crippen LogP contribution in [0.3, 0.4) is 0 Å². The van der Waals surface area contributed by atoms with Crippen LogP contribution in [0, 0.1) is 0 Å². The third kappa shape index (κ3) is 2.53. The molecule has 5 heteroatoms. The third-order valence-corrected chi connectivity index (χ3v) is 3.59. The molecule has 0 amide bonds. The molecule has 1 atom stereocenters. The maximum absolute atomic E-state index is 12.0. The largest absolute Gasteiger partial charge is 0.467 e. The number of hydrogen-bond acceptors (Lipinski definition) is 4. The summed E-state index contributed by atoms with van der Waals surface area (Å²) in [7, 11) is 1.37. The normalized spacial score (nSPS) is 14.3. The zero-order valence-corrected chi connectivity index (χ0v) is 12.7. The second-order valence-corrected chi connectivity index (χ2v) is 5.36. The molecule has 0 saturated heterocycles. The van der Waals surface area contributed by atoms with E-state index in [1.165, 1.54) is 7.11 Å². The van der Waals surface area contributed by atoms with Crippen molar-refractivity contribution in [3.8, 4) is 0 Å². The van der Waals surface area contributed by atoms with Gasteiger partial charge in [0.1, 0.15) is 11.3 Å². The maximum atomic E-state index is 12.0. The van der Waals surface area contributed by atoms with E-state index < -0.39 is 5.54 Å². The first-order valence-electron chi connectivity index (χ1n) is 6.04. The lowest BCUT2D eigenvalue weighted by Crippen LogP contribution is -2.47. The number of fused-ring (bicyclic) bond motifs is 1. The molecular weight excluding hydrogens is 310 g/mol. The molecule has 0 aliphatic heterocycles. The molecule has 0 aliphatic carbocycles. The van der Waals surface area contributed by atoms with Gasteiger partial charge in [-0.15, -0.1) is 0 Å². The van der Waals surface area contributed by atoms with Gasteiger partial charge in [-0.3, -0.25) is 5.32 Å². The Morgan fingerprint density at radius 2 is 2.21 bits per heavy atom. The van der Waals surface area contributed by atoms with E-state index in [0.29, 0.717) is 12.3 Å². The minimum absolute atomic E-state index is 0.368. The van der Waals surface area contributed by atoms with Crippen molar-refractivity contribution >= 4 is 32.9 Å². The van der Waals surface area contributed by atoms with Crippen LogP contribution in [0.1, 0.15) is 19.6 Å². The van der Waals surface area contributed by atoms with Gasteiger partial charge in [0.15, 0.2) is 5.54 Å². The van der Waals surface area contributed by atoms with Gasteiger partial charge in [-0.1, -0.05) is 22.9 Å². The lowest BCUT2D eigenvalue weighted by molar-refractivity contribution is -0.149. The zero-order valence-electron chi connectivity index (χ0n) is 11.1. The molecule has 4 nitrogen and oxygen atoms in total. The number of carbonyl (C=O) groups excluding carboxylic acids is 1. The molecule has 1 aromatic heterocycles. The average Bonchev–Trinajstić information content (AvgIpc) is 2.81. The Morgan fingerprint density at radius 3 is 2.84 bits per heavy atom.